The van der Waals surface area contributed by atoms with Crippen molar-refractivity contribution < 1.29 is 22.7 Å². The van der Waals surface area contributed by atoms with Crippen molar-refractivity contribution in [2.24, 2.45) is 0 Å². The molecule has 8 nitrogen and oxygen atoms in total. The molecule has 0 bridgehead atoms. The molecule has 1 atom stereocenters. The summed E-state index contributed by atoms with van der Waals surface area (Å²) in [5.41, 5.74) is 2.97. The SMILES string of the molecule is CS(=O)(=O)N(CC(=O)N(Cc1ccc(Cl)cc1)[C@@H](Cc1ccccc1)C(=O)NC1CCCC1)c1ccc(OCc2ccccc2)cc1. The van der Waals surface area contributed by atoms with Gasteiger partial charge in [-0.3, -0.25) is 13.9 Å². The van der Waals surface area contributed by atoms with Crippen LogP contribution in [0.2, 0.25) is 5.02 Å². The number of hydrogen-bond donors (Lipinski definition) is 1. The van der Waals surface area contributed by atoms with E-state index in [0.29, 0.717) is 23.1 Å². The van der Waals surface area contributed by atoms with E-state index in [-0.39, 0.29) is 24.9 Å². The fourth-order valence-electron chi connectivity index (χ4n) is 5.77. The van der Waals surface area contributed by atoms with Crippen molar-refractivity contribution in [3.05, 3.63) is 131 Å². The highest BCUT2D eigenvalue weighted by atomic mass is 35.5. The minimum atomic E-state index is -3.89. The Morgan fingerprint density at radius 1 is 0.830 bits per heavy atom. The summed E-state index contributed by atoms with van der Waals surface area (Å²) in [5.74, 6) is -0.195. The number of carbonyl (C=O) groups excluding carboxylic acids is 2. The largest absolute Gasteiger partial charge is 0.489 e. The Labute approximate surface area is 282 Å². The lowest BCUT2D eigenvalue weighted by atomic mass is 10.0. The number of anilines is 1. The third-order valence-electron chi connectivity index (χ3n) is 8.29. The molecule has 4 aromatic rings. The molecule has 0 unspecified atom stereocenters. The highest BCUT2D eigenvalue weighted by molar-refractivity contribution is 7.92. The van der Waals surface area contributed by atoms with Crippen LogP contribution in [0.1, 0.15) is 42.4 Å². The maximum atomic E-state index is 14.3. The molecule has 1 aliphatic rings. The third-order valence-corrected chi connectivity index (χ3v) is 9.68. The summed E-state index contributed by atoms with van der Waals surface area (Å²) in [6.07, 6.45) is 5.20. The molecule has 0 saturated heterocycles. The van der Waals surface area contributed by atoms with Gasteiger partial charge in [0.05, 0.1) is 11.9 Å². The van der Waals surface area contributed by atoms with Crippen LogP contribution in [-0.2, 0) is 39.2 Å². The second kappa shape index (κ2) is 16.0. The number of carbonyl (C=O) groups is 2. The molecule has 1 fully saturated rings. The van der Waals surface area contributed by atoms with E-state index in [9.17, 15) is 18.0 Å². The van der Waals surface area contributed by atoms with Crippen LogP contribution in [0.15, 0.2) is 109 Å². The molecule has 0 spiro atoms. The average molecular weight is 674 g/mol. The van der Waals surface area contributed by atoms with E-state index in [0.717, 1.165) is 52.9 Å². The molecule has 0 heterocycles. The van der Waals surface area contributed by atoms with Gasteiger partial charge in [0, 0.05) is 24.0 Å². The van der Waals surface area contributed by atoms with Crippen LogP contribution in [0.3, 0.4) is 0 Å². The Morgan fingerprint density at radius 2 is 1.43 bits per heavy atom. The highest BCUT2D eigenvalue weighted by Crippen LogP contribution is 2.25. The first-order valence-electron chi connectivity index (χ1n) is 15.8. The van der Waals surface area contributed by atoms with Crippen LogP contribution in [-0.4, -0.2) is 50.0 Å². The molecule has 1 N–H and O–H groups in total. The zero-order valence-corrected chi connectivity index (χ0v) is 28.0. The maximum absolute atomic E-state index is 14.3. The first-order valence-corrected chi connectivity index (χ1v) is 18.0. The summed E-state index contributed by atoms with van der Waals surface area (Å²) >= 11 is 6.15. The minimum absolute atomic E-state index is 0.0448. The first-order chi connectivity index (χ1) is 22.7. The number of amides is 2. The minimum Gasteiger partial charge on any atom is -0.489 e. The predicted octanol–water partition coefficient (Wildman–Crippen LogP) is 6.38. The number of ether oxygens (including phenoxy) is 1. The normalized spacial score (nSPS) is 13.9. The number of benzene rings is 4. The van der Waals surface area contributed by atoms with Crippen LogP contribution < -0.4 is 14.4 Å². The molecule has 0 radical (unpaired) electrons. The lowest BCUT2D eigenvalue weighted by Crippen LogP contribution is -2.54. The van der Waals surface area contributed by atoms with E-state index in [2.05, 4.69) is 5.32 Å². The Balaban J connectivity index is 1.42. The Hall–Kier alpha value is -4.34. The van der Waals surface area contributed by atoms with Crippen molar-refractivity contribution in [3.8, 4) is 5.75 Å². The average Bonchev–Trinajstić information content (AvgIpc) is 3.59. The topological polar surface area (TPSA) is 96.0 Å². The van der Waals surface area contributed by atoms with Crippen molar-refractivity contribution in [2.45, 2.75) is 57.3 Å². The Bertz CT molecular complexity index is 1710. The van der Waals surface area contributed by atoms with Crippen molar-refractivity contribution >= 4 is 39.1 Å². The predicted molar refractivity (Wildman–Crippen MR) is 186 cm³/mol. The number of rotatable bonds is 14. The molecular formula is C37H40ClN3O5S. The summed E-state index contributed by atoms with van der Waals surface area (Å²) in [5, 5.41) is 3.72. The van der Waals surface area contributed by atoms with E-state index in [1.807, 2.05) is 60.7 Å². The van der Waals surface area contributed by atoms with Gasteiger partial charge in [0.2, 0.25) is 21.8 Å². The van der Waals surface area contributed by atoms with Crippen LogP contribution in [0.5, 0.6) is 5.75 Å². The van der Waals surface area contributed by atoms with Gasteiger partial charge in [-0.2, -0.15) is 0 Å². The summed E-state index contributed by atoms with van der Waals surface area (Å²) in [6, 6.07) is 32.1. The van der Waals surface area contributed by atoms with E-state index < -0.39 is 28.5 Å². The van der Waals surface area contributed by atoms with Crippen LogP contribution in [0.4, 0.5) is 5.69 Å². The number of nitrogens with zero attached hydrogens (tertiary/aromatic N) is 2. The van der Waals surface area contributed by atoms with Gasteiger partial charge >= 0.3 is 0 Å². The molecular weight excluding hydrogens is 634 g/mol. The molecule has 47 heavy (non-hydrogen) atoms. The lowest BCUT2D eigenvalue weighted by molar-refractivity contribution is -0.140. The quantitative estimate of drug-likeness (QED) is 0.168. The molecule has 246 valence electrons. The number of sulfonamides is 1. The Morgan fingerprint density at radius 3 is 2.02 bits per heavy atom. The molecule has 0 aliphatic heterocycles. The smallest absolute Gasteiger partial charge is 0.244 e. The molecule has 10 heteroatoms. The molecule has 2 amide bonds. The van der Waals surface area contributed by atoms with Gasteiger partial charge in [0.25, 0.3) is 0 Å². The van der Waals surface area contributed by atoms with E-state index in [4.69, 9.17) is 16.3 Å². The Kier molecular flexibility index (Phi) is 11.6. The van der Waals surface area contributed by atoms with Gasteiger partial charge in [-0.25, -0.2) is 8.42 Å². The maximum Gasteiger partial charge on any atom is 0.244 e. The number of nitrogens with one attached hydrogen (secondary N) is 1. The van der Waals surface area contributed by atoms with Gasteiger partial charge in [-0.05, 0) is 65.9 Å². The molecule has 4 aromatic carbocycles. The van der Waals surface area contributed by atoms with Crippen molar-refractivity contribution in [3.63, 3.8) is 0 Å². The van der Waals surface area contributed by atoms with Crippen molar-refractivity contribution in [1.82, 2.24) is 10.2 Å². The van der Waals surface area contributed by atoms with Crippen LogP contribution >= 0.6 is 11.6 Å². The summed E-state index contributed by atoms with van der Waals surface area (Å²) in [7, 11) is -3.89. The summed E-state index contributed by atoms with van der Waals surface area (Å²) in [4.78, 5) is 29.8. The van der Waals surface area contributed by atoms with Crippen molar-refractivity contribution in [1.29, 1.82) is 0 Å². The van der Waals surface area contributed by atoms with E-state index in [1.165, 1.54) is 4.90 Å². The second-order valence-corrected chi connectivity index (χ2v) is 14.2. The monoisotopic (exact) mass is 673 g/mol. The fraction of sp³-hybridized carbons (Fsp3) is 0.297. The molecule has 1 saturated carbocycles. The standard InChI is InChI=1S/C37H40ClN3O5S/c1-47(44,45)41(33-20-22-34(23-21-33)46-27-30-12-6-3-7-13-30)26-36(42)40(25-29-16-18-31(38)19-17-29)35(24-28-10-4-2-5-11-28)37(43)39-32-14-8-9-15-32/h2-7,10-13,16-23,32,35H,8-9,14-15,24-27H2,1H3,(H,39,43)/t35-/m0/s1. The third kappa shape index (κ3) is 9.83. The van der Waals surface area contributed by atoms with Gasteiger partial charge in [-0.1, -0.05) is 97.2 Å². The van der Waals surface area contributed by atoms with Gasteiger partial charge in [-0.15, -0.1) is 0 Å². The van der Waals surface area contributed by atoms with Gasteiger partial charge in [0.1, 0.15) is 24.9 Å². The van der Waals surface area contributed by atoms with E-state index >= 15 is 0 Å². The van der Waals surface area contributed by atoms with Crippen LogP contribution in [0.25, 0.3) is 0 Å². The lowest BCUT2D eigenvalue weighted by Gasteiger charge is -2.34. The summed E-state index contributed by atoms with van der Waals surface area (Å²) < 4.78 is 33.2. The highest BCUT2D eigenvalue weighted by Gasteiger charge is 2.34. The number of hydrogen-bond acceptors (Lipinski definition) is 5. The number of halogens is 1. The van der Waals surface area contributed by atoms with E-state index in [1.54, 1.807) is 48.5 Å². The second-order valence-electron chi connectivity index (χ2n) is 11.9. The first kappa shape index (κ1) is 34.0. The van der Waals surface area contributed by atoms with Crippen LogP contribution in [0, 0.1) is 0 Å². The van der Waals surface area contributed by atoms with Gasteiger partial charge in [0.15, 0.2) is 0 Å². The van der Waals surface area contributed by atoms with Gasteiger partial charge < -0.3 is 15.0 Å². The summed E-state index contributed by atoms with van der Waals surface area (Å²) in [6.45, 7) is -0.0338. The van der Waals surface area contributed by atoms with Crippen molar-refractivity contribution in [2.75, 3.05) is 17.1 Å². The fourth-order valence-corrected chi connectivity index (χ4v) is 6.75. The zero-order chi connectivity index (χ0) is 33.2. The zero-order valence-electron chi connectivity index (χ0n) is 26.4. The molecule has 5 rings (SSSR count). The molecule has 1 aliphatic carbocycles. The molecule has 0 aromatic heterocycles.